The van der Waals surface area contributed by atoms with Crippen molar-refractivity contribution in [3.63, 3.8) is 0 Å². The topological polar surface area (TPSA) is 107 Å². The van der Waals surface area contributed by atoms with E-state index >= 15 is 0 Å². The molecular weight excluding hydrogens is 442 g/mol. The number of hydrogen-bond acceptors (Lipinski definition) is 7. The number of carbonyl (C=O) groups is 1. The second-order valence-corrected chi connectivity index (χ2v) is 9.66. The Hall–Kier alpha value is -4.23. The molecule has 35 heavy (non-hydrogen) atoms. The van der Waals surface area contributed by atoms with Gasteiger partial charge in [0, 0.05) is 63.5 Å². The van der Waals surface area contributed by atoms with Gasteiger partial charge in [-0.3, -0.25) is 9.48 Å². The SMILES string of the molecule is CN1CC2(C1)CN(c1cc(C(=O)NCc3ccc(C#N)cc3)nc3cc(-c4ccnn4C)nn13)C2. The van der Waals surface area contributed by atoms with E-state index in [1.54, 1.807) is 23.0 Å². The van der Waals surface area contributed by atoms with E-state index < -0.39 is 0 Å². The zero-order chi connectivity index (χ0) is 24.2. The molecule has 5 heterocycles. The highest BCUT2D eigenvalue weighted by molar-refractivity contribution is 5.93. The third kappa shape index (κ3) is 3.70. The van der Waals surface area contributed by atoms with Crippen LogP contribution >= 0.6 is 0 Å². The van der Waals surface area contributed by atoms with E-state index in [9.17, 15) is 4.79 Å². The van der Waals surface area contributed by atoms with Crippen LogP contribution < -0.4 is 10.2 Å². The van der Waals surface area contributed by atoms with Crippen molar-refractivity contribution in [2.45, 2.75) is 6.54 Å². The number of anilines is 1. The first kappa shape index (κ1) is 21.3. The first-order valence-corrected chi connectivity index (χ1v) is 11.5. The summed E-state index contributed by atoms with van der Waals surface area (Å²) in [6.07, 6.45) is 1.74. The summed E-state index contributed by atoms with van der Waals surface area (Å²) in [4.78, 5) is 22.3. The summed E-state index contributed by atoms with van der Waals surface area (Å²) in [6, 6.07) is 14.9. The summed E-state index contributed by atoms with van der Waals surface area (Å²) in [5.41, 5.74) is 4.45. The number of likely N-dealkylation sites (tertiary alicyclic amines) is 1. The summed E-state index contributed by atoms with van der Waals surface area (Å²) in [5.74, 6) is 0.618. The van der Waals surface area contributed by atoms with Gasteiger partial charge in [-0.2, -0.15) is 20.0 Å². The first-order chi connectivity index (χ1) is 16.9. The van der Waals surface area contributed by atoms with Crippen molar-refractivity contribution in [1.82, 2.24) is 34.6 Å². The Bertz CT molecular complexity index is 1460. The third-order valence-electron chi connectivity index (χ3n) is 6.85. The van der Waals surface area contributed by atoms with Gasteiger partial charge in [-0.1, -0.05) is 12.1 Å². The third-order valence-corrected chi connectivity index (χ3v) is 6.85. The molecule has 4 aromatic rings. The fourth-order valence-corrected chi connectivity index (χ4v) is 5.24. The normalized spacial score (nSPS) is 16.7. The lowest BCUT2D eigenvalue weighted by atomic mass is 9.73. The molecule has 1 aromatic carbocycles. The predicted molar refractivity (Wildman–Crippen MR) is 130 cm³/mol. The highest BCUT2D eigenvalue weighted by Gasteiger charge is 2.51. The van der Waals surface area contributed by atoms with Gasteiger partial charge in [-0.15, -0.1) is 0 Å². The van der Waals surface area contributed by atoms with E-state index in [1.165, 1.54) is 0 Å². The molecule has 0 aliphatic carbocycles. The Kier molecular flexibility index (Phi) is 4.82. The van der Waals surface area contributed by atoms with Crippen LogP contribution in [0.25, 0.3) is 17.0 Å². The van der Waals surface area contributed by atoms with Crippen molar-refractivity contribution in [2.24, 2.45) is 12.5 Å². The van der Waals surface area contributed by atoms with Crippen molar-refractivity contribution < 1.29 is 4.79 Å². The smallest absolute Gasteiger partial charge is 0.270 e. The zero-order valence-electron chi connectivity index (χ0n) is 19.6. The van der Waals surface area contributed by atoms with Gasteiger partial charge in [0.1, 0.15) is 17.2 Å². The van der Waals surface area contributed by atoms with Gasteiger partial charge in [0.25, 0.3) is 5.91 Å². The van der Waals surface area contributed by atoms with Gasteiger partial charge in [-0.25, -0.2) is 4.98 Å². The van der Waals surface area contributed by atoms with Crippen LogP contribution in [-0.2, 0) is 13.6 Å². The van der Waals surface area contributed by atoms with E-state index in [0.717, 1.165) is 48.9 Å². The van der Waals surface area contributed by atoms with E-state index in [-0.39, 0.29) is 5.91 Å². The zero-order valence-corrected chi connectivity index (χ0v) is 19.6. The number of nitrogens with zero attached hydrogens (tertiary/aromatic N) is 8. The predicted octanol–water partition coefficient (Wildman–Crippen LogP) is 1.68. The van der Waals surface area contributed by atoms with E-state index in [1.807, 2.05) is 41.9 Å². The molecule has 3 aromatic heterocycles. The number of hydrogen-bond donors (Lipinski definition) is 1. The van der Waals surface area contributed by atoms with Crippen LogP contribution in [-0.4, -0.2) is 68.4 Å². The van der Waals surface area contributed by atoms with E-state index in [4.69, 9.17) is 10.4 Å². The van der Waals surface area contributed by atoms with Crippen molar-refractivity contribution in [3.8, 4) is 17.5 Å². The lowest BCUT2D eigenvalue weighted by Gasteiger charge is -2.60. The minimum atomic E-state index is -0.250. The molecule has 0 saturated carbocycles. The van der Waals surface area contributed by atoms with Gasteiger partial charge in [0.15, 0.2) is 5.65 Å². The summed E-state index contributed by atoms with van der Waals surface area (Å²) >= 11 is 0. The van der Waals surface area contributed by atoms with Gasteiger partial charge in [-0.05, 0) is 30.8 Å². The monoisotopic (exact) mass is 467 g/mol. The maximum absolute atomic E-state index is 13.1. The lowest BCUT2D eigenvalue weighted by Crippen LogP contribution is -2.71. The number of nitriles is 1. The van der Waals surface area contributed by atoms with Crippen LogP contribution in [0.5, 0.6) is 0 Å². The highest BCUT2D eigenvalue weighted by Crippen LogP contribution is 2.41. The van der Waals surface area contributed by atoms with Crippen molar-refractivity contribution in [3.05, 3.63) is 65.5 Å². The Morgan fingerprint density at radius 2 is 1.89 bits per heavy atom. The molecule has 1 spiro atoms. The Labute approximate surface area is 202 Å². The van der Waals surface area contributed by atoms with Gasteiger partial charge in [0.2, 0.25) is 0 Å². The largest absolute Gasteiger partial charge is 0.355 e. The summed E-state index contributed by atoms with van der Waals surface area (Å²) in [7, 11) is 4.02. The second kappa shape index (κ2) is 7.92. The summed E-state index contributed by atoms with van der Waals surface area (Å²) in [5, 5.41) is 21.0. The molecule has 0 radical (unpaired) electrons. The van der Waals surface area contributed by atoms with Crippen LogP contribution in [0.4, 0.5) is 5.82 Å². The quantitative estimate of drug-likeness (QED) is 0.476. The van der Waals surface area contributed by atoms with Crippen molar-refractivity contribution >= 4 is 17.4 Å². The molecule has 6 rings (SSSR count). The summed E-state index contributed by atoms with van der Waals surface area (Å²) in [6.45, 7) is 4.41. The minimum Gasteiger partial charge on any atom is -0.355 e. The average molecular weight is 468 g/mol. The molecule has 2 aliphatic rings. The molecule has 10 heteroatoms. The molecule has 2 fully saturated rings. The van der Waals surface area contributed by atoms with Gasteiger partial charge < -0.3 is 15.1 Å². The van der Waals surface area contributed by atoms with E-state index in [2.05, 4.69) is 38.3 Å². The first-order valence-electron chi connectivity index (χ1n) is 11.5. The standard InChI is InChI=1S/C25H25N9O/c1-31-13-25(14-31)15-33(16-25)23-10-20(24(35)27-12-18-5-3-17(11-26)4-6-18)29-22-9-19(30-34(22)23)21-7-8-28-32(21)2/h3-10H,12-16H2,1-2H3,(H,27,35). The van der Waals surface area contributed by atoms with Gasteiger partial charge in [0.05, 0.1) is 17.3 Å². The molecule has 2 saturated heterocycles. The van der Waals surface area contributed by atoms with Gasteiger partial charge >= 0.3 is 0 Å². The Morgan fingerprint density at radius 3 is 2.54 bits per heavy atom. The number of nitrogens with one attached hydrogen (secondary N) is 1. The van der Waals surface area contributed by atoms with Crippen molar-refractivity contribution in [2.75, 3.05) is 38.1 Å². The Morgan fingerprint density at radius 1 is 1.11 bits per heavy atom. The fraction of sp³-hybridized carbons (Fsp3) is 0.320. The Balaban J connectivity index is 1.31. The average Bonchev–Trinajstić information content (AvgIpc) is 3.44. The number of amides is 1. The number of carbonyl (C=O) groups excluding carboxylic acids is 1. The molecule has 2 aliphatic heterocycles. The van der Waals surface area contributed by atoms with Crippen LogP contribution in [0.1, 0.15) is 21.6 Å². The molecule has 0 bridgehead atoms. The second-order valence-electron chi connectivity index (χ2n) is 9.66. The molecule has 176 valence electrons. The number of aryl methyl sites for hydroxylation is 1. The molecule has 0 unspecified atom stereocenters. The van der Waals surface area contributed by atoms with Crippen LogP contribution in [0.2, 0.25) is 0 Å². The maximum atomic E-state index is 13.1. The van der Waals surface area contributed by atoms with Crippen LogP contribution in [0.15, 0.2) is 48.7 Å². The fourth-order valence-electron chi connectivity index (χ4n) is 5.24. The number of rotatable bonds is 5. The lowest BCUT2D eigenvalue weighted by molar-refractivity contribution is -0.00300. The highest BCUT2D eigenvalue weighted by atomic mass is 16.1. The molecular formula is C25H25N9O. The molecule has 10 nitrogen and oxygen atoms in total. The maximum Gasteiger partial charge on any atom is 0.270 e. The summed E-state index contributed by atoms with van der Waals surface area (Å²) < 4.78 is 3.60. The van der Waals surface area contributed by atoms with E-state index in [0.29, 0.717) is 28.9 Å². The molecule has 1 amide bonds. The number of aromatic nitrogens is 5. The van der Waals surface area contributed by atoms with Crippen LogP contribution in [0, 0.1) is 16.7 Å². The number of benzene rings is 1. The minimum absolute atomic E-state index is 0.250. The number of fused-ring (bicyclic) bond motifs is 1. The molecule has 0 atom stereocenters. The van der Waals surface area contributed by atoms with Crippen molar-refractivity contribution in [1.29, 1.82) is 5.26 Å². The van der Waals surface area contributed by atoms with Crippen LogP contribution in [0.3, 0.4) is 0 Å². The molecule has 1 N–H and O–H groups in total.